The molecule has 4 heteroatoms. The van der Waals surface area contributed by atoms with Crippen molar-refractivity contribution in [2.75, 3.05) is 11.9 Å². The molecule has 0 unspecified atom stereocenters. The van der Waals surface area contributed by atoms with Gasteiger partial charge in [-0.15, -0.1) is 0 Å². The highest BCUT2D eigenvalue weighted by Crippen LogP contribution is 2.06. The molecule has 4 nitrogen and oxygen atoms in total. The van der Waals surface area contributed by atoms with E-state index in [2.05, 4.69) is 10.3 Å². The van der Waals surface area contributed by atoms with E-state index in [9.17, 15) is 0 Å². The average molecular weight is 136 g/mol. The van der Waals surface area contributed by atoms with Crippen molar-refractivity contribution in [2.24, 2.45) is 0 Å². The van der Waals surface area contributed by atoms with Gasteiger partial charge in [0.2, 0.25) is 5.62 Å². The largest absolute Gasteiger partial charge is 0.370 e. The van der Waals surface area contributed by atoms with E-state index >= 15 is 0 Å². The highest BCUT2D eigenvalue weighted by molar-refractivity contribution is 5.36. The van der Waals surface area contributed by atoms with E-state index in [4.69, 9.17) is 5.41 Å². The Morgan fingerprint density at radius 3 is 3.40 bits per heavy atom. The van der Waals surface area contributed by atoms with E-state index in [0.717, 1.165) is 18.9 Å². The Labute approximate surface area is 58.0 Å². The monoisotopic (exact) mass is 136 g/mol. The first-order valence-corrected chi connectivity index (χ1v) is 3.22. The van der Waals surface area contributed by atoms with Gasteiger partial charge in [-0.1, -0.05) is 0 Å². The maximum absolute atomic E-state index is 7.36. The highest BCUT2D eigenvalue weighted by Gasteiger charge is 2.06. The van der Waals surface area contributed by atoms with Gasteiger partial charge in [0.15, 0.2) is 0 Å². The van der Waals surface area contributed by atoms with Crippen molar-refractivity contribution in [2.45, 2.75) is 6.54 Å². The molecule has 0 radical (unpaired) electrons. The number of rotatable bonds is 0. The molecule has 52 valence electrons. The minimum Gasteiger partial charge on any atom is -0.370 e. The van der Waals surface area contributed by atoms with Crippen LogP contribution in [0.2, 0.25) is 0 Å². The van der Waals surface area contributed by atoms with Crippen LogP contribution in [0.4, 0.5) is 5.82 Å². The maximum atomic E-state index is 7.36. The molecule has 1 aromatic rings. The van der Waals surface area contributed by atoms with Gasteiger partial charge in [-0.05, 0) is 6.07 Å². The first kappa shape index (κ1) is 5.46. The molecule has 1 aliphatic rings. The van der Waals surface area contributed by atoms with E-state index in [0.29, 0.717) is 5.62 Å². The Morgan fingerprint density at radius 1 is 1.70 bits per heavy atom. The zero-order valence-corrected chi connectivity index (χ0v) is 5.46. The summed E-state index contributed by atoms with van der Waals surface area (Å²) in [5.41, 5.74) is 0.336. The Balaban J connectivity index is 2.70. The van der Waals surface area contributed by atoms with Crippen molar-refractivity contribution < 1.29 is 0 Å². The van der Waals surface area contributed by atoms with Gasteiger partial charge in [0.1, 0.15) is 5.82 Å². The third kappa shape index (κ3) is 0.618. The lowest BCUT2D eigenvalue weighted by atomic mass is 10.6. The zero-order chi connectivity index (χ0) is 6.97. The summed E-state index contributed by atoms with van der Waals surface area (Å²) in [5, 5.41) is 10.5. The summed E-state index contributed by atoms with van der Waals surface area (Å²) in [6, 6.07) is 1.88. The predicted octanol–water partition coefficient (Wildman–Crippen LogP) is -0.212. The number of anilines is 1. The Hall–Kier alpha value is -1.32. The molecule has 10 heavy (non-hydrogen) atoms. The molecule has 2 N–H and O–H groups in total. The third-order valence-corrected chi connectivity index (χ3v) is 1.62. The van der Waals surface area contributed by atoms with Crippen molar-refractivity contribution in [3.05, 3.63) is 17.9 Å². The van der Waals surface area contributed by atoms with E-state index in [1.54, 1.807) is 6.20 Å². The molecule has 0 saturated heterocycles. The fourth-order valence-corrected chi connectivity index (χ4v) is 1.13. The fraction of sp³-hybridized carbons (Fsp3) is 0.333. The number of nitrogens with zero attached hydrogens (tertiary/aromatic N) is 2. The molecule has 1 aliphatic heterocycles. The molecule has 0 aliphatic carbocycles. The van der Waals surface area contributed by atoms with Gasteiger partial charge in [-0.3, -0.25) is 9.98 Å². The Morgan fingerprint density at radius 2 is 2.60 bits per heavy atom. The molecule has 2 heterocycles. The molecule has 0 bridgehead atoms. The van der Waals surface area contributed by atoms with Crippen LogP contribution in [0.5, 0.6) is 0 Å². The summed E-state index contributed by atoms with van der Waals surface area (Å²) >= 11 is 0. The second kappa shape index (κ2) is 1.83. The van der Waals surface area contributed by atoms with E-state index in [1.165, 1.54) is 0 Å². The predicted molar refractivity (Wildman–Crippen MR) is 36.6 cm³/mol. The number of hydrogen-bond acceptors (Lipinski definition) is 3. The van der Waals surface area contributed by atoms with Gasteiger partial charge < -0.3 is 5.32 Å². The van der Waals surface area contributed by atoms with Crippen LogP contribution in [-0.4, -0.2) is 16.1 Å². The van der Waals surface area contributed by atoms with Crippen LogP contribution in [0.3, 0.4) is 0 Å². The molecule has 0 amide bonds. The lowest BCUT2D eigenvalue weighted by Gasteiger charge is -1.98. The Bertz CT molecular complexity index is 301. The third-order valence-electron chi connectivity index (χ3n) is 1.62. The molecular weight excluding hydrogens is 128 g/mol. The summed E-state index contributed by atoms with van der Waals surface area (Å²) in [7, 11) is 0. The molecule has 0 spiro atoms. The smallest absolute Gasteiger partial charge is 0.223 e. The van der Waals surface area contributed by atoms with Gasteiger partial charge in [0.25, 0.3) is 0 Å². The van der Waals surface area contributed by atoms with Crippen LogP contribution in [0.1, 0.15) is 0 Å². The standard InChI is InChI=1S/C6H8N4/c7-6-9-2-1-5-8-3-4-10(5)6/h1-2,7-8H,3-4H2. The minimum atomic E-state index is 0.336. The van der Waals surface area contributed by atoms with Gasteiger partial charge in [0.05, 0.1) is 0 Å². The molecule has 0 saturated carbocycles. The Kier molecular flexibility index (Phi) is 1.00. The summed E-state index contributed by atoms with van der Waals surface area (Å²) in [6.07, 6.45) is 1.65. The fourth-order valence-electron chi connectivity index (χ4n) is 1.13. The van der Waals surface area contributed by atoms with Crippen LogP contribution < -0.4 is 10.9 Å². The van der Waals surface area contributed by atoms with E-state index < -0.39 is 0 Å². The van der Waals surface area contributed by atoms with Crippen LogP contribution in [-0.2, 0) is 6.54 Å². The maximum Gasteiger partial charge on any atom is 0.223 e. The SMILES string of the molecule is N=c1nccc2n1CCN2. The van der Waals surface area contributed by atoms with Crippen LogP contribution in [0.25, 0.3) is 0 Å². The van der Waals surface area contributed by atoms with Gasteiger partial charge in [-0.2, -0.15) is 0 Å². The van der Waals surface area contributed by atoms with Crippen LogP contribution in [0.15, 0.2) is 12.3 Å². The van der Waals surface area contributed by atoms with Crippen molar-refractivity contribution in [3.63, 3.8) is 0 Å². The number of hydrogen-bond donors (Lipinski definition) is 2. The summed E-state index contributed by atoms with van der Waals surface area (Å²) in [5.74, 6) is 1.00. The number of nitrogens with one attached hydrogen (secondary N) is 2. The first-order chi connectivity index (χ1) is 4.88. The molecular formula is C6H8N4. The topological polar surface area (TPSA) is 53.7 Å². The number of fused-ring (bicyclic) bond motifs is 1. The molecule has 0 fully saturated rings. The van der Waals surface area contributed by atoms with Gasteiger partial charge >= 0.3 is 0 Å². The van der Waals surface area contributed by atoms with Crippen molar-refractivity contribution in [1.82, 2.24) is 9.55 Å². The van der Waals surface area contributed by atoms with Gasteiger partial charge in [0, 0.05) is 19.3 Å². The lowest BCUT2D eigenvalue weighted by molar-refractivity contribution is 0.709. The van der Waals surface area contributed by atoms with Gasteiger partial charge in [-0.25, -0.2) is 4.98 Å². The van der Waals surface area contributed by atoms with Crippen molar-refractivity contribution in [1.29, 1.82) is 5.41 Å². The quantitative estimate of drug-likeness (QED) is 0.518. The van der Waals surface area contributed by atoms with Crippen molar-refractivity contribution >= 4 is 5.82 Å². The lowest BCUT2D eigenvalue weighted by Crippen LogP contribution is -2.19. The normalized spacial score (nSPS) is 14.4. The van der Waals surface area contributed by atoms with E-state index in [-0.39, 0.29) is 0 Å². The van der Waals surface area contributed by atoms with E-state index in [1.807, 2.05) is 10.6 Å². The second-order valence-electron chi connectivity index (χ2n) is 2.23. The molecule has 0 aromatic carbocycles. The zero-order valence-electron chi connectivity index (χ0n) is 5.46. The number of aromatic nitrogens is 2. The highest BCUT2D eigenvalue weighted by atomic mass is 15.2. The molecule has 1 aromatic heterocycles. The van der Waals surface area contributed by atoms with Crippen LogP contribution >= 0.6 is 0 Å². The first-order valence-electron chi connectivity index (χ1n) is 3.22. The van der Waals surface area contributed by atoms with Crippen molar-refractivity contribution in [3.8, 4) is 0 Å². The second-order valence-corrected chi connectivity index (χ2v) is 2.23. The summed E-state index contributed by atoms with van der Waals surface area (Å²) < 4.78 is 1.85. The molecule has 2 rings (SSSR count). The summed E-state index contributed by atoms with van der Waals surface area (Å²) in [6.45, 7) is 1.78. The summed E-state index contributed by atoms with van der Waals surface area (Å²) in [4.78, 5) is 3.84. The molecule has 0 atom stereocenters. The average Bonchev–Trinajstić information content (AvgIpc) is 2.36. The van der Waals surface area contributed by atoms with Crippen LogP contribution in [0, 0.1) is 5.41 Å². The minimum absolute atomic E-state index is 0.336.